The molecule has 2 aromatic heterocycles. The molecule has 0 aliphatic heterocycles. The van der Waals surface area contributed by atoms with Crippen molar-refractivity contribution in [2.45, 2.75) is 6.92 Å². The van der Waals surface area contributed by atoms with E-state index in [-0.39, 0.29) is 0 Å². The van der Waals surface area contributed by atoms with Gasteiger partial charge in [-0.3, -0.25) is 4.98 Å². The average Bonchev–Trinajstić information content (AvgIpc) is 3.01. The lowest BCUT2D eigenvalue weighted by atomic mass is 10.0. The lowest BCUT2D eigenvalue weighted by Gasteiger charge is -2.07. The molecule has 0 saturated carbocycles. The van der Waals surface area contributed by atoms with Gasteiger partial charge in [0.2, 0.25) is 0 Å². The number of benzene rings is 1. The monoisotopic (exact) mass is 260 g/mol. The summed E-state index contributed by atoms with van der Waals surface area (Å²) in [5.41, 5.74) is 4.63. The highest BCUT2D eigenvalue weighted by molar-refractivity contribution is 5.65. The molecule has 3 rings (SSSR count). The Hall–Kier alpha value is -2.93. The lowest BCUT2D eigenvalue weighted by molar-refractivity contribution is 1.04. The quantitative estimate of drug-likeness (QED) is 0.711. The van der Waals surface area contributed by atoms with E-state index < -0.39 is 0 Å². The van der Waals surface area contributed by atoms with Crippen LogP contribution >= 0.6 is 0 Å². The molecule has 0 aliphatic carbocycles. The number of hydrogen-bond donors (Lipinski definition) is 0. The molecule has 20 heavy (non-hydrogen) atoms. The number of nitriles is 1. The Balaban J connectivity index is 1.98. The van der Waals surface area contributed by atoms with Crippen LogP contribution in [0.2, 0.25) is 0 Å². The van der Waals surface area contributed by atoms with Gasteiger partial charge in [-0.2, -0.15) is 5.26 Å². The summed E-state index contributed by atoms with van der Waals surface area (Å²) in [6.45, 7) is 1.99. The summed E-state index contributed by atoms with van der Waals surface area (Å²) in [5.74, 6) is 0. The number of rotatable bonds is 2. The minimum Gasteiger partial charge on any atom is -0.305 e. The lowest BCUT2D eigenvalue weighted by Crippen LogP contribution is -1.93. The number of imidazole rings is 1. The van der Waals surface area contributed by atoms with E-state index in [9.17, 15) is 0 Å². The maximum absolute atomic E-state index is 8.89. The smallest absolute Gasteiger partial charge is 0.0992 e. The summed E-state index contributed by atoms with van der Waals surface area (Å²) >= 11 is 0. The first-order valence-corrected chi connectivity index (χ1v) is 6.23. The molecule has 0 bridgehead atoms. The highest BCUT2D eigenvalue weighted by atomic mass is 15.0. The molecule has 0 amide bonds. The average molecular weight is 260 g/mol. The van der Waals surface area contributed by atoms with Crippen LogP contribution in [0.25, 0.3) is 16.9 Å². The van der Waals surface area contributed by atoms with Gasteiger partial charge in [0.25, 0.3) is 0 Å². The molecule has 0 saturated heterocycles. The van der Waals surface area contributed by atoms with Crippen LogP contribution < -0.4 is 0 Å². The molecular weight excluding hydrogens is 248 g/mol. The molecule has 0 spiro atoms. The van der Waals surface area contributed by atoms with Gasteiger partial charge in [-0.05, 0) is 36.8 Å². The van der Waals surface area contributed by atoms with Crippen LogP contribution in [0.3, 0.4) is 0 Å². The molecule has 0 unspecified atom stereocenters. The Labute approximate surface area is 117 Å². The molecule has 1 aromatic carbocycles. The summed E-state index contributed by atoms with van der Waals surface area (Å²) < 4.78 is 1.91. The second kappa shape index (κ2) is 4.98. The standard InChI is InChI=1S/C16H12N4/c1-12-8-13(9-17)2-4-15(12)16-5-3-14(10-19-16)20-7-6-18-11-20/h2-8,10-11H,1H3. The van der Waals surface area contributed by atoms with Crippen molar-refractivity contribution in [1.82, 2.24) is 14.5 Å². The second-order valence-electron chi connectivity index (χ2n) is 4.51. The Morgan fingerprint density at radius 3 is 2.70 bits per heavy atom. The summed E-state index contributed by atoms with van der Waals surface area (Å²) in [4.78, 5) is 8.51. The maximum Gasteiger partial charge on any atom is 0.0992 e. The Morgan fingerprint density at radius 1 is 1.20 bits per heavy atom. The number of aryl methyl sites for hydroxylation is 1. The van der Waals surface area contributed by atoms with Crippen LogP contribution in [0.15, 0.2) is 55.2 Å². The molecule has 4 heteroatoms. The SMILES string of the molecule is Cc1cc(C#N)ccc1-c1ccc(-n2ccnc2)cn1. The van der Waals surface area contributed by atoms with Gasteiger partial charge in [0.15, 0.2) is 0 Å². The Morgan fingerprint density at radius 2 is 2.10 bits per heavy atom. The van der Waals surface area contributed by atoms with Crippen LogP contribution in [0.1, 0.15) is 11.1 Å². The largest absolute Gasteiger partial charge is 0.305 e. The van der Waals surface area contributed by atoms with Crippen LogP contribution in [0.5, 0.6) is 0 Å². The van der Waals surface area contributed by atoms with E-state index in [0.717, 1.165) is 22.5 Å². The fourth-order valence-corrected chi connectivity index (χ4v) is 2.13. The van der Waals surface area contributed by atoms with Gasteiger partial charge in [-0.25, -0.2) is 4.98 Å². The fraction of sp³-hybridized carbons (Fsp3) is 0.0625. The Bertz CT molecular complexity index is 765. The van der Waals surface area contributed by atoms with Crippen molar-refractivity contribution < 1.29 is 0 Å². The van der Waals surface area contributed by atoms with Gasteiger partial charge in [0.05, 0.1) is 35.5 Å². The summed E-state index contributed by atoms with van der Waals surface area (Å²) in [7, 11) is 0. The van der Waals surface area contributed by atoms with E-state index in [1.165, 1.54) is 0 Å². The zero-order valence-electron chi connectivity index (χ0n) is 11.0. The van der Waals surface area contributed by atoms with Crippen LogP contribution in [-0.4, -0.2) is 14.5 Å². The third-order valence-corrected chi connectivity index (χ3v) is 3.18. The Kier molecular flexibility index (Phi) is 3.02. The van der Waals surface area contributed by atoms with Crippen molar-refractivity contribution in [3.63, 3.8) is 0 Å². The molecule has 0 fully saturated rings. The predicted molar refractivity (Wildman–Crippen MR) is 76.2 cm³/mol. The van der Waals surface area contributed by atoms with Crippen molar-refractivity contribution in [1.29, 1.82) is 5.26 Å². The van der Waals surface area contributed by atoms with Gasteiger partial charge in [-0.1, -0.05) is 6.07 Å². The fourth-order valence-electron chi connectivity index (χ4n) is 2.13. The summed E-state index contributed by atoms with van der Waals surface area (Å²) in [6, 6.07) is 11.7. The first-order valence-electron chi connectivity index (χ1n) is 6.23. The molecule has 4 nitrogen and oxygen atoms in total. The predicted octanol–water partition coefficient (Wildman–Crippen LogP) is 3.11. The zero-order valence-corrected chi connectivity index (χ0v) is 11.0. The van der Waals surface area contributed by atoms with Crippen molar-refractivity contribution in [2.24, 2.45) is 0 Å². The second-order valence-corrected chi connectivity index (χ2v) is 4.51. The third-order valence-electron chi connectivity index (χ3n) is 3.18. The molecule has 96 valence electrons. The minimum absolute atomic E-state index is 0.668. The molecule has 3 aromatic rings. The molecule has 0 N–H and O–H groups in total. The van der Waals surface area contributed by atoms with Gasteiger partial charge in [-0.15, -0.1) is 0 Å². The summed E-state index contributed by atoms with van der Waals surface area (Å²) in [6.07, 6.45) is 7.17. The van der Waals surface area contributed by atoms with E-state index >= 15 is 0 Å². The number of hydrogen-bond acceptors (Lipinski definition) is 3. The van der Waals surface area contributed by atoms with Gasteiger partial charge in [0.1, 0.15) is 0 Å². The van der Waals surface area contributed by atoms with Crippen LogP contribution in [0.4, 0.5) is 0 Å². The minimum atomic E-state index is 0.668. The van der Waals surface area contributed by atoms with Crippen molar-refractivity contribution in [2.75, 3.05) is 0 Å². The van der Waals surface area contributed by atoms with E-state index in [4.69, 9.17) is 5.26 Å². The van der Waals surface area contributed by atoms with E-state index in [1.807, 2.05) is 54.2 Å². The molecule has 0 aliphatic rings. The van der Waals surface area contributed by atoms with Crippen molar-refractivity contribution in [3.05, 3.63) is 66.4 Å². The highest BCUT2D eigenvalue weighted by Gasteiger charge is 2.05. The first-order chi connectivity index (χ1) is 9.78. The normalized spacial score (nSPS) is 10.2. The third kappa shape index (κ3) is 2.17. The van der Waals surface area contributed by atoms with E-state index in [1.54, 1.807) is 12.5 Å². The maximum atomic E-state index is 8.89. The highest BCUT2D eigenvalue weighted by Crippen LogP contribution is 2.23. The number of nitrogens with zero attached hydrogens (tertiary/aromatic N) is 4. The molecule has 0 atom stereocenters. The van der Waals surface area contributed by atoms with Gasteiger partial charge in [0, 0.05) is 18.0 Å². The van der Waals surface area contributed by atoms with Crippen LogP contribution in [0, 0.1) is 18.3 Å². The van der Waals surface area contributed by atoms with Gasteiger partial charge >= 0.3 is 0 Å². The molecule has 0 radical (unpaired) electrons. The molecule has 2 heterocycles. The van der Waals surface area contributed by atoms with Crippen LogP contribution in [-0.2, 0) is 0 Å². The van der Waals surface area contributed by atoms with E-state index in [2.05, 4.69) is 16.0 Å². The zero-order chi connectivity index (χ0) is 13.9. The van der Waals surface area contributed by atoms with Crippen molar-refractivity contribution in [3.8, 4) is 23.0 Å². The van der Waals surface area contributed by atoms with Crippen molar-refractivity contribution >= 4 is 0 Å². The van der Waals surface area contributed by atoms with E-state index in [0.29, 0.717) is 5.56 Å². The number of pyridine rings is 1. The molecular formula is C16H12N4. The summed E-state index contributed by atoms with van der Waals surface area (Å²) in [5, 5.41) is 8.89. The first kappa shape index (κ1) is 12.1. The topological polar surface area (TPSA) is 54.5 Å². The number of aromatic nitrogens is 3. The van der Waals surface area contributed by atoms with Gasteiger partial charge < -0.3 is 4.57 Å².